The first kappa shape index (κ1) is 11.9. The Kier molecular flexibility index (Phi) is 4.35. The van der Waals surface area contributed by atoms with Crippen LogP contribution in [0.25, 0.3) is 0 Å². The summed E-state index contributed by atoms with van der Waals surface area (Å²) in [5, 5.41) is 1.17. The Bertz CT molecular complexity index is 430. The maximum Gasteiger partial charge on any atom is 0.417 e. The molecule has 0 aliphatic rings. The summed E-state index contributed by atoms with van der Waals surface area (Å²) in [5.74, 6) is 0.876. The standard InChI is InChI=1S/C14H16O2Si/c1-2-15-17(14-11-7-4-8-12-14)16-13-9-5-3-6-10-13/h3-12,17H,2H2,1H3. The maximum absolute atomic E-state index is 5.96. The Labute approximate surface area is 104 Å². The van der Waals surface area contributed by atoms with E-state index in [0.29, 0.717) is 6.61 Å². The Morgan fingerprint density at radius 3 is 2.06 bits per heavy atom. The summed E-state index contributed by atoms with van der Waals surface area (Å²) in [6.45, 7) is 2.68. The minimum absolute atomic E-state index is 0.679. The molecule has 0 saturated heterocycles. The highest BCUT2D eigenvalue weighted by atomic mass is 28.3. The average Bonchev–Trinajstić information content (AvgIpc) is 2.40. The lowest BCUT2D eigenvalue weighted by Gasteiger charge is -2.17. The monoisotopic (exact) mass is 244 g/mol. The first-order chi connectivity index (χ1) is 8.40. The van der Waals surface area contributed by atoms with E-state index >= 15 is 0 Å². The topological polar surface area (TPSA) is 18.5 Å². The molecule has 0 aromatic heterocycles. The van der Waals surface area contributed by atoms with E-state index in [1.807, 2.05) is 55.5 Å². The lowest BCUT2D eigenvalue weighted by atomic mass is 10.3. The van der Waals surface area contributed by atoms with Gasteiger partial charge in [-0.3, -0.25) is 0 Å². The number of benzene rings is 2. The molecule has 3 heteroatoms. The quantitative estimate of drug-likeness (QED) is 0.751. The molecule has 2 aromatic rings. The van der Waals surface area contributed by atoms with Gasteiger partial charge in [-0.05, 0) is 19.1 Å². The van der Waals surface area contributed by atoms with E-state index < -0.39 is 9.28 Å². The van der Waals surface area contributed by atoms with Gasteiger partial charge in [-0.1, -0.05) is 48.5 Å². The molecule has 0 bridgehead atoms. The van der Waals surface area contributed by atoms with E-state index in [-0.39, 0.29) is 0 Å². The fourth-order valence-electron chi connectivity index (χ4n) is 1.58. The molecule has 0 saturated carbocycles. The van der Waals surface area contributed by atoms with Crippen LogP contribution < -0.4 is 9.61 Å². The molecule has 0 radical (unpaired) electrons. The SMILES string of the molecule is CCO[SiH](Oc1ccccc1)c1ccccc1. The molecule has 2 aromatic carbocycles. The minimum Gasteiger partial charge on any atom is -0.519 e. The van der Waals surface area contributed by atoms with E-state index in [2.05, 4.69) is 12.1 Å². The second-order valence-corrected chi connectivity index (χ2v) is 5.53. The third kappa shape index (κ3) is 3.44. The van der Waals surface area contributed by atoms with Gasteiger partial charge < -0.3 is 8.85 Å². The smallest absolute Gasteiger partial charge is 0.417 e. The summed E-state index contributed by atoms with van der Waals surface area (Å²) < 4.78 is 11.7. The van der Waals surface area contributed by atoms with Gasteiger partial charge in [-0.25, -0.2) is 0 Å². The molecule has 2 nitrogen and oxygen atoms in total. The van der Waals surface area contributed by atoms with Gasteiger partial charge in [0.15, 0.2) is 0 Å². The zero-order chi connectivity index (χ0) is 11.9. The maximum atomic E-state index is 5.96. The Balaban J connectivity index is 2.13. The van der Waals surface area contributed by atoms with Crippen molar-refractivity contribution < 1.29 is 8.85 Å². The van der Waals surface area contributed by atoms with Crippen LogP contribution in [0, 0.1) is 0 Å². The molecule has 0 aliphatic carbocycles. The first-order valence-corrected chi connectivity index (χ1v) is 7.30. The first-order valence-electron chi connectivity index (χ1n) is 5.78. The third-order valence-corrected chi connectivity index (χ3v) is 4.43. The van der Waals surface area contributed by atoms with E-state index in [9.17, 15) is 0 Å². The van der Waals surface area contributed by atoms with Crippen LogP contribution in [0.2, 0.25) is 0 Å². The Morgan fingerprint density at radius 1 is 0.882 bits per heavy atom. The van der Waals surface area contributed by atoms with Gasteiger partial charge in [0.25, 0.3) is 0 Å². The molecule has 2 rings (SSSR count). The van der Waals surface area contributed by atoms with E-state index in [4.69, 9.17) is 8.85 Å². The van der Waals surface area contributed by atoms with Crippen LogP contribution in [0.15, 0.2) is 60.7 Å². The molecular weight excluding hydrogens is 228 g/mol. The highest BCUT2D eigenvalue weighted by Crippen LogP contribution is 2.10. The third-order valence-electron chi connectivity index (χ3n) is 2.38. The minimum atomic E-state index is -1.82. The fraction of sp³-hybridized carbons (Fsp3) is 0.143. The van der Waals surface area contributed by atoms with Crippen molar-refractivity contribution in [1.82, 2.24) is 0 Å². The number of hydrogen-bond acceptors (Lipinski definition) is 2. The van der Waals surface area contributed by atoms with Gasteiger partial charge in [0, 0.05) is 11.8 Å². The van der Waals surface area contributed by atoms with Gasteiger partial charge >= 0.3 is 9.28 Å². The molecule has 0 aliphatic heterocycles. The molecular formula is C14H16O2Si. The normalized spacial score (nSPS) is 12.1. The molecule has 1 unspecified atom stereocenters. The zero-order valence-corrected chi connectivity index (χ0v) is 11.0. The van der Waals surface area contributed by atoms with Crippen molar-refractivity contribution in [2.75, 3.05) is 6.61 Å². The van der Waals surface area contributed by atoms with Crippen LogP contribution in [-0.2, 0) is 4.43 Å². The molecule has 0 fully saturated rings. The lowest BCUT2D eigenvalue weighted by molar-refractivity contribution is 0.293. The average molecular weight is 244 g/mol. The van der Waals surface area contributed by atoms with Crippen LogP contribution in [0.3, 0.4) is 0 Å². The second-order valence-electron chi connectivity index (χ2n) is 3.63. The van der Waals surface area contributed by atoms with Gasteiger partial charge in [0.2, 0.25) is 0 Å². The molecule has 88 valence electrons. The Hall–Kier alpha value is -1.58. The second kappa shape index (κ2) is 6.23. The van der Waals surface area contributed by atoms with Gasteiger partial charge in [0.1, 0.15) is 5.75 Å². The van der Waals surface area contributed by atoms with Gasteiger partial charge in [0.05, 0.1) is 0 Å². The number of para-hydroxylation sites is 1. The summed E-state index contributed by atoms with van der Waals surface area (Å²) in [6, 6.07) is 20.0. The Morgan fingerprint density at radius 2 is 1.47 bits per heavy atom. The van der Waals surface area contributed by atoms with Gasteiger partial charge in [-0.2, -0.15) is 0 Å². The van der Waals surface area contributed by atoms with Crippen LogP contribution in [-0.4, -0.2) is 15.9 Å². The van der Waals surface area contributed by atoms with Crippen molar-refractivity contribution in [2.24, 2.45) is 0 Å². The van der Waals surface area contributed by atoms with E-state index in [1.54, 1.807) is 0 Å². The van der Waals surface area contributed by atoms with Crippen LogP contribution in [0.4, 0.5) is 0 Å². The van der Waals surface area contributed by atoms with Gasteiger partial charge in [-0.15, -0.1) is 0 Å². The number of rotatable bonds is 5. The van der Waals surface area contributed by atoms with Crippen LogP contribution >= 0.6 is 0 Å². The summed E-state index contributed by atoms with van der Waals surface area (Å²) >= 11 is 0. The summed E-state index contributed by atoms with van der Waals surface area (Å²) in [6.07, 6.45) is 0. The van der Waals surface area contributed by atoms with Crippen molar-refractivity contribution in [3.63, 3.8) is 0 Å². The number of hydrogen-bond donors (Lipinski definition) is 0. The van der Waals surface area contributed by atoms with Crippen molar-refractivity contribution in [3.05, 3.63) is 60.7 Å². The largest absolute Gasteiger partial charge is 0.519 e. The van der Waals surface area contributed by atoms with Crippen LogP contribution in [0.5, 0.6) is 5.75 Å². The molecule has 0 N–H and O–H groups in total. The fourth-order valence-corrected chi connectivity index (χ4v) is 3.22. The molecule has 17 heavy (non-hydrogen) atoms. The molecule has 1 atom stereocenters. The van der Waals surface area contributed by atoms with Crippen molar-refractivity contribution >= 4 is 14.5 Å². The molecule has 0 heterocycles. The van der Waals surface area contributed by atoms with Crippen molar-refractivity contribution in [1.29, 1.82) is 0 Å². The summed E-state index contributed by atoms with van der Waals surface area (Å²) in [4.78, 5) is 0. The van der Waals surface area contributed by atoms with E-state index in [0.717, 1.165) is 5.75 Å². The molecule has 0 spiro atoms. The predicted octanol–water partition coefficient (Wildman–Crippen LogP) is 2.23. The molecule has 0 amide bonds. The predicted molar refractivity (Wildman–Crippen MR) is 71.9 cm³/mol. The summed E-state index contributed by atoms with van der Waals surface area (Å²) in [5.41, 5.74) is 0. The van der Waals surface area contributed by atoms with Crippen molar-refractivity contribution in [3.8, 4) is 5.75 Å². The lowest BCUT2D eigenvalue weighted by Crippen LogP contribution is -2.39. The van der Waals surface area contributed by atoms with Crippen molar-refractivity contribution in [2.45, 2.75) is 6.92 Å². The zero-order valence-electron chi connectivity index (χ0n) is 9.87. The van der Waals surface area contributed by atoms with Crippen LogP contribution in [0.1, 0.15) is 6.92 Å². The highest BCUT2D eigenvalue weighted by molar-refractivity contribution is 6.62. The highest BCUT2D eigenvalue weighted by Gasteiger charge is 2.17. The summed E-state index contributed by atoms with van der Waals surface area (Å²) in [7, 11) is -1.82. The van der Waals surface area contributed by atoms with E-state index in [1.165, 1.54) is 5.19 Å².